The molecule has 4 aromatic rings. The maximum absolute atomic E-state index is 13.1. The quantitative estimate of drug-likeness (QED) is 0.507. The highest BCUT2D eigenvalue weighted by atomic mass is 16.5. The molecule has 6 heteroatoms. The predicted molar refractivity (Wildman–Crippen MR) is 120 cm³/mol. The Morgan fingerprint density at radius 1 is 1.03 bits per heavy atom. The lowest BCUT2D eigenvalue weighted by Gasteiger charge is -2.11. The van der Waals surface area contributed by atoms with E-state index in [2.05, 4.69) is 16.4 Å². The lowest BCUT2D eigenvalue weighted by molar-refractivity contribution is 0.0942. The summed E-state index contributed by atoms with van der Waals surface area (Å²) in [5.74, 6) is 0.559. The van der Waals surface area contributed by atoms with Gasteiger partial charge in [0, 0.05) is 11.8 Å². The molecule has 0 atom stereocenters. The molecule has 0 fully saturated rings. The number of nitrogens with one attached hydrogen (secondary N) is 1. The maximum atomic E-state index is 13.1. The van der Waals surface area contributed by atoms with Crippen molar-refractivity contribution >= 4 is 5.91 Å². The SMILES string of the molecule is COc1ccc(-c2cc(C(=O)NCc3ccccn3)n(-c3ccc(C)cc3C)n2)cc1. The Morgan fingerprint density at radius 3 is 2.52 bits per heavy atom. The van der Waals surface area contributed by atoms with Gasteiger partial charge >= 0.3 is 0 Å². The van der Waals surface area contributed by atoms with Crippen LogP contribution in [0.25, 0.3) is 16.9 Å². The van der Waals surface area contributed by atoms with Crippen LogP contribution in [-0.4, -0.2) is 27.8 Å². The van der Waals surface area contributed by atoms with Crippen LogP contribution < -0.4 is 10.1 Å². The molecule has 156 valence electrons. The van der Waals surface area contributed by atoms with Gasteiger partial charge < -0.3 is 10.1 Å². The highest BCUT2D eigenvalue weighted by Crippen LogP contribution is 2.25. The monoisotopic (exact) mass is 412 g/mol. The van der Waals surface area contributed by atoms with Crippen molar-refractivity contribution in [2.24, 2.45) is 0 Å². The lowest BCUT2D eigenvalue weighted by atomic mass is 10.1. The van der Waals surface area contributed by atoms with Crippen LogP contribution in [0.5, 0.6) is 5.75 Å². The fraction of sp³-hybridized carbons (Fsp3) is 0.160. The number of ether oxygens (including phenoxy) is 1. The summed E-state index contributed by atoms with van der Waals surface area (Å²) in [6, 6.07) is 21.2. The van der Waals surface area contributed by atoms with Gasteiger partial charge in [0.1, 0.15) is 11.4 Å². The summed E-state index contributed by atoms with van der Waals surface area (Å²) >= 11 is 0. The van der Waals surface area contributed by atoms with Crippen LogP contribution >= 0.6 is 0 Å². The van der Waals surface area contributed by atoms with Crippen LogP contribution in [0.3, 0.4) is 0 Å². The second-order valence-electron chi connectivity index (χ2n) is 7.35. The van der Waals surface area contributed by atoms with E-state index < -0.39 is 0 Å². The van der Waals surface area contributed by atoms with Gasteiger partial charge in [-0.3, -0.25) is 9.78 Å². The number of nitrogens with zero attached hydrogens (tertiary/aromatic N) is 3. The van der Waals surface area contributed by atoms with Crippen LogP contribution in [0.1, 0.15) is 27.3 Å². The minimum absolute atomic E-state index is 0.210. The fourth-order valence-electron chi connectivity index (χ4n) is 3.44. The molecule has 1 N–H and O–H groups in total. The van der Waals surface area contributed by atoms with Crippen molar-refractivity contribution < 1.29 is 9.53 Å². The summed E-state index contributed by atoms with van der Waals surface area (Å²) < 4.78 is 6.96. The Morgan fingerprint density at radius 2 is 1.84 bits per heavy atom. The zero-order chi connectivity index (χ0) is 21.8. The molecule has 0 saturated carbocycles. The number of rotatable bonds is 6. The Balaban J connectivity index is 1.72. The third-order valence-corrected chi connectivity index (χ3v) is 5.06. The summed E-state index contributed by atoms with van der Waals surface area (Å²) in [4.78, 5) is 17.4. The number of methoxy groups -OCH3 is 1. The van der Waals surface area contributed by atoms with E-state index in [1.807, 2.05) is 74.5 Å². The molecule has 4 rings (SSSR count). The molecule has 0 spiro atoms. The first-order valence-corrected chi connectivity index (χ1v) is 10.1. The van der Waals surface area contributed by atoms with E-state index in [-0.39, 0.29) is 5.91 Å². The first-order valence-electron chi connectivity index (χ1n) is 10.1. The van der Waals surface area contributed by atoms with Crippen LogP contribution in [0, 0.1) is 13.8 Å². The normalized spacial score (nSPS) is 10.7. The average molecular weight is 412 g/mol. The summed E-state index contributed by atoms with van der Waals surface area (Å²) in [5, 5.41) is 7.73. The van der Waals surface area contributed by atoms with Gasteiger partial charge in [-0.1, -0.05) is 23.8 Å². The third kappa shape index (κ3) is 4.48. The molecule has 0 aliphatic rings. The van der Waals surface area contributed by atoms with Crippen molar-refractivity contribution in [1.29, 1.82) is 0 Å². The van der Waals surface area contributed by atoms with Crippen molar-refractivity contribution in [1.82, 2.24) is 20.1 Å². The van der Waals surface area contributed by atoms with Gasteiger partial charge in [-0.25, -0.2) is 4.68 Å². The van der Waals surface area contributed by atoms with E-state index in [1.54, 1.807) is 18.0 Å². The van der Waals surface area contributed by atoms with Crippen molar-refractivity contribution in [3.63, 3.8) is 0 Å². The number of carbonyl (C=O) groups is 1. The van der Waals surface area contributed by atoms with Crippen LogP contribution in [0.2, 0.25) is 0 Å². The molecule has 0 aliphatic heterocycles. The van der Waals surface area contributed by atoms with Crippen LogP contribution in [0.4, 0.5) is 0 Å². The van der Waals surface area contributed by atoms with Gasteiger partial charge in [0.15, 0.2) is 0 Å². The second-order valence-corrected chi connectivity index (χ2v) is 7.35. The summed E-state index contributed by atoms with van der Waals surface area (Å²) in [5.41, 5.74) is 5.95. The predicted octanol–water partition coefficient (Wildman–Crippen LogP) is 4.49. The Kier molecular flexibility index (Phi) is 5.80. The maximum Gasteiger partial charge on any atom is 0.270 e. The first kappa shape index (κ1) is 20.3. The van der Waals surface area contributed by atoms with Gasteiger partial charge in [-0.15, -0.1) is 0 Å². The van der Waals surface area contributed by atoms with E-state index >= 15 is 0 Å². The number of hydrogen-bond acceptors (Lipinski definition) is 4. The molecule has 6 nitrogen and oxygen atoms in total. The third-order valence-electron chi connectivity index (χ3n) is 5.06. The van der Waals surface area contributed by atoms with Crippen molar-refractivity contribution in [3.8, 4) is 22.7 Å². The van der Waals surface area contributed by atoms with Gasteiger partial charge in [0.25, 0.3) is 5.91 Å². The molecule has 2 aromatic carbocycles. The Hall–Kier alpha value is -3.93. The Bertz CT molecular complexity index is 1200. The largest absolute Gasteiger partial charge is 0.497 e. The summed E-state index contributed by atoms with van der Waals surface area (Å²) in [7, 11) is 1.63. The molecule has 0 aliphatic carbocycles. The van der Waals surface area contributed by atoms with Crippen LogP contribution in [-0.2, 0) is 6.54 Å². The molecular weight excluding hydrogens is 388 g/mol. The summed E-state index contributed by atoms with van der Waals surface area (Å²) in [6.45, 7) is 4.41. The van der Waals surface area contributed by atoms with E-state index in [0.717, 1.165) is 33.8 Å². The van der Waals surface area contributed by atoms with E-state index in [9.17, 15) is 4.79 Å². The number of pyridine rings is 1. The lowest BCUT2D eigenvalue weighted by Crippen LogP contribution is -2.26. The average Bonchev–Trinajstić information content (AvgIpc) is 3.23. The molecule has 0 radical (unpaired) electrons. The number of amides is 1. The minimum Gasteiger partial charge on any atom is -0.497 e. The first-order chi connectivity index (χ1) is 15.0. The number of aromatic nitrogens is 3. The minimum atomic E-state index is -0.210. The highest BCUT2D eigenvalue weighted by molar-refractivity contribution is 5.94. The second kappa shape index (κ2) is 8.83. The van der Waals surface area contributed by atoms with E-state index in [4.69, 9.17) is 9.84 Å². The molecular formula is C25H24N4O2. The van der Waals surface area contributed by atoms with Gasteiger partial charge in [0.2, 0.25) is 0 Å². The summed E-state index contributed by atoms with van der Waals surface area (Å²) in [6.07, 6.45) is 1.71. The number of aryl methyl sites for hydroxylation is 2. The highest BCUT2D eigenvalue weighted by Gasteiger charge is 2.19. The fourth-order valence-corrected chi connectivity index (χ4v) is 3.44. The Labute approximate surface area is 181 Å². The van der Waals surface area contributed by atoms with Crippen LogP contribution in [0.15, 0.2) is 72.9 Å². The van der Waals surface area contributed by atoms with E-state index in [0.29, 0.717) is 17.9 Å². The van der Waals surface area contributed by atoms with Crippen molar-refractivity contribution in [2.45, 2.75) is 20.4 Å². The van der Waals surface area contributed by atoms with Gasteiger partial charge in [0.05, 0.1) is 30.7 Å². The zero-order valence-electron chi connectivity index (χ0n) is 17.8. The molecule has 0 bridgehead atoms. The molecule has 31 heavy (non-hydrogen) atoms. The molecule has 0 unspecified atom stereocenters. The van der Waals surface area contributed by atoms with Crippen molar-refractivity contribution in [3.05, 3.63) is 95.4 Å². The smallest absolute Gasteiger partial charge is 0.270 e. The molecule has 2 heterocycles. The van der Waals surface area contributed by atoms with Crippen molar-refractivity contribution in [2.75, 3.05) is 7.11 Å². The molecule has 1 amide bonds. The zero-order valence-corrected chi connectivity index (χ0v) is 17.8. The number of carbonyl (C=O) groups excluding carboxylic acids is 1. The topological polar surface area (TPSA) is 69.0 Å². The molecule has 2 aromatic heterocycles. The van der Waals surface area contributed by atoms with Gasteiger partial charge in [-0.05, 0) is 67.9 Å². The number of benzene rings is 2. The standard InChI is InChI=1S/C25H24N4O2/c1-17-7-12-23(18(2)14-17)29-24(25(30)27-16-20-6-4-5-13-26-20)15-22(28-29)19-8-10-21(31-3)11-9-19/h4-15H,16H2,1-3H3,(H,27,30). The number of hydrogen-bond donors (Lipinski definition) is 1. The van der Waals surface area contributed by atoms with Gasteiger partial charge in [-0.2, -0.15) is 5.10 Å². The molecule has 0 saturated heterocycles. The van der Waals surface area contributed by atoms with E-state index in [1.165, 1.54) is 0 Å².